The Kier molecular flexibility index (Phi) is 5.50. The van der Waals surface area contributed by atoms with Crippen LogP contribution in [0.15, 0.2) is 21.9 Å². The van der Waals surface area contributed by atoms with Crippen molar-refractivity contribution in [1.29, 1.82) is 0 Å². The van der Waals surface area contributed by atoms with Crippen LogP contribution in [0.1, 0.15) is 12.8 Å². The number of amides is 1. The summed E-state index contributed by atoms with van der Waals surface area (Å²) in [5, 5.41) is 0. The van der Waals surface area contributed by atoms with E-state index in [1.807, 2.05) is 0 Å². The van der Waals surface area contributed by atoms with Gasteiger partial charge < -0.3 is 15.2 Å². The van der Waals surface area contributed by atoms with Gasteiger partial charge in [0, 0.05) is 52.4 Å². The van der Waals surface area contributed by atoms with Crippen molar-refractivity contribution in [3.8, 4) is 0 Å². The van der Waals surface area contributed by atoms with Gasteiger partial charge in [-0.2, -0.15) is 0 Å². The Bertz CT molecular complexity index is 545. The summed E-state index contributed by atoms with van der Waals surface area (Å²) in [5.74, 6) is 0.0170. The number of carbonyl (C=O) groups is 1. The molecule has 19 heavy (non-hydrogen) atoms. The summed E-state index contributed by atoms with van der Waals surface area (Å²) in [7, 11) is 3.38. The van der Waals surface area contributed by atoms with Gasteiger partial charge >= 0.3 is 5.69 Å². The predicted octanol–water partition coefficient (Wildman–Crippen LogP) is -1.16. The lowest BCUT2D eigenvalue weighted by molar-refractivity contribution is -0.128. The molecular formula is C12H20N4O3. The van der Waals surface area contributed by atoms with E-state index in [0.29, 0.717) is 19.4 Å². The van der Waals surface area contributed by atoms with Crippen LogP contribution in [0.2, 0.25) is 0 Å². The highest BCUT2D eigenvalue weighted by Gasteiger charge is 2.06. The average molecular weight is 268 g/mol. The molecule has 0 bridgehead atoms. The van der Waals surface area contributed by atoms with Crippen molar-refractivity contribution < 1.29 is 4.79 Å². The maximum Gasteiger partial charge on any atom is 0.331 e. The summed E-state index contributed by atoms with van der Waals surface area (Å²) < 4.78 is 2.54. The third-order valence-electron chi connectivity index (χ3n) is 2.78. The SMILES string of the molecule is CN(C)C(=O)CCCn1ccc(=O)n(CCN)c1=O. The van der Waals surface area contributed by atoms with Crippen molar-refractivity contribution in [3.63, 3.8) is 0 Å². The van der Waals surface area contributed by atoms with Crippen LogP contribution >= 0.6 is 0 Å². The number of nitrogens with zero attached hydrogens (tertiary/aromatic N) is 3. The molecule has 106 valence electrons. The number of aryl methyl sites for hydroxylation is 1. The number of hydrogen-bond acceptors (Lipinski definition) is 4. The molecule has 0 radical (unpaired) electrons. The first-order chi connectivity index (χ1) is 8.97. The molecule has 1 rings (SSSR count). The second kappa shape index (κ2) is 6.89. The van der Waals surface area contributed by atoms with Gasteiger partial charge in [0.1, 0.15) is 0 Å². The fourth-order valence-electron chi connectivity index (χ4n) is 1.69. The van der Waals surface area contributed by atoms with Gasteiger partial charge in [-0.3, -0.25) is 14.2 Å². The molecule has 0 aliphatic carbocycles. The van der Waals surface area contributed by atoms with Crippen molar-refractivity contribution in [3.05, 3.63) is 33.1 Å². The minimum Gasteiger partial charge on any atom is -0.349 e. The Morgan fingerprint density at radius 2 is 2.00 bits per heavy atom. The molecule has 0 aliphatic rings. The van der Waals surface area contributed by atoms with Crippen LogP contribution in [0, 0.1) is 0 Å². The molecule has 0 unspecified atom stereocenters. The Balaban J connectivity index is 2.75. The van der Waals surface area contributed by atoms with E-state index in [0.717, 1.165) is 4.57 Å². The van der Waals surface area contributed by atoms with Gasteiger partial charge in [0.15, 0.2) is 0 Å². The van der Waals surface area contributed by atoms with Crippen molar-refractivity contribution in [2.75, 3.05) is 20.6 Å². The number of hydrogen-bond donors (Lipinski definition) is 1. The van der Waals surface area contributed by atoms with E-state index in [2.05, 4.69) is 0 Å². The highest BCUT2D eigenvalue weighted by Crippen LogP contribution is 1.95. The second-order valence-electron chi connectivity index (χ2n) is 4.46. The standard InChI is InChI=1S/C12H20N4O3/c1-14(2)10(17)4-3-7-15-8-5-11(18)16(9-6-13)12(15)19/h5,8H,3-4,6-7,9,13H2,1-2H3. The number of nitrogens with two attached hydrogens (primary N) is 1. The van der Waals surface area contributed by atoms with Gasteiger partial charge in [-0.1, -0.05) is 0 Å². The van der Waals surface area contributed by atoms with Gasteiger partial charge in [-0.15, -0.1) is 0 Å². The van der Waals surface area contributed by atoms with Gasteiger partial charge in [0.25, 0.3) is 5.56 Å². The molecule has 2 N–H and O–H groups in total. The lowest BCUT2D eigenvalue weighted by Crippen LogP contribution is -2.40. The molecular weight excluding hydrogens is 248 g/mol. The number of aromatic nitrogens is 2. The third-order valence-corrected chi connectivity index (χ3v) is 2.78. The Morgan fingerprint density at radius 1 is 1.32 bits per heavy atom. The Labute approximate surface area is 111 Å². The zero-order valence-electron chi connectivity index (χ0n) is 11.3. The number of rotatable bonds is 6. The molecule has 0 aromatic carbocycles. The Hall–Kier alpha value is -1.89. The fourth-order valence-corrected chi connectivity index (χ4v) is 1.69. The van der Waals surface area contributed by atoms with Crippen LogP contribution in [0.25, 0.3) is 0 Å². The van der Waals surface area contributed by atoms with Crippen LogP contribution in [0.3, 0.4) is 0 Å². The molecule has 1 aromatic heterocycles. The topological polar surface area (TPSA) is 90.3 Å². The summed E-state index contributed by atoms with van der Waals surface area (Å²) in [6.45, 7) is 0.844. The molecule has 0 saturated carbocycles. The molecule has 0 atom stereocenters. The zero-order valence-corrected chi connectivity index (χ0v) is 11.3. The molecule has 1 aromatic rings. The van der Waals surface area contributed by atoms with E-state index in [1.54, 1.807) is 14.1 Å². The van der Waals surface area contributed by atoms with Gasteiger partial charge in [-0.05, 0) is 6.42 Å². The minimum absolute atomic E-state index is 0.0170. The average Bonchev–Trinajstić information content (AvgIpc) is 2.36. The van der Waals surface area contributed by atoms with Crippen molar-refractivity contribution in [2.24, 2.45) is 5.73 Å². The van der Waals surface area contributed by atoms with Crippen molar-refractivity contribution in [1.82, 2.24) is 14.0 Å². The van der Waals surface area contributed by atoms with Gasteiger partial charge in [-0.25, -0.2) is 4.79 Å². The van der Waals surface area contributed by atoms with Crippen LogP contribution in [0.5, 0.6) is 0 Å². The highest BCUT2D eigenvalue weighted by atomic mass is 16.2. The van der Waals surface area contributed by atoms with Gasteiger partial charge in [0.05, 0.1) is 0 Å². The Morgan fingerprint density at radius 3 is 2.58 bits per heavy atom. The lowest BCUT2D eigenvalue weighted by atomic mass is 10.3. The van der Waals surface area contributed by atoms with E-state index >= 15 is 0 Å². The quantitative estimate of drug-likeness (QED) is 0.704. The molecule has 0 spiro atoms. The zero-order chi connectivity index (χ0) is 14.4. The van der Waals surface area contributed by atoms with Crippen molar-refractivity contribution >= 4 is 5.91 Å². The van der Waals surface area contributed by atoms with E-state index in [1.165, 1.54) is 21.7 Å². The normalized spacial score (nSPS) is 10.5. The molecule has 0 aliphatic heterocycles. The first-order valence-electron chi connectivity index (χ1n) is 6.18. The summed E-state index contributed by atoms with van der Waals surface area (Å²) in [6.07, 6.45) is 2.38. The maximum absolute atomic E-state index is 12.0. The lowest BCUT2D eigenvalue weighted by Gasteiger charge is -2.11. The molecule has 7 heteroatoms. The molecule has 1 amide bonds. The second-order valence-corrected chi connectivity index (χ2v) is 4.46. The monoisotopic (exact) mass is 268 g/mol. The number of carbonyl (C=O) groups excluding carboxylic acids is 1. The van der Waals surface area contributed by atoms with E-state index in [9.17, 15) is 14.4 Å². The predicted molar refractivity (Wildman–Crippen MR) is 71.9 cm³/mol. The summed E-state index contributed by atoms with van der Waals surface area (Å²) in [6, 6.07) is 1.34. The van der Waals surface area contributed by atoms with Gasteiger partial charge in [0.2, 0.25) is 5.91 Å². The van der Waals surface area contributed by atoms with Crippen LogP contribution < -0.4 is 17.0 Å². The molecule has 1 heterocycles. The first kappa shape index (κ1) is 15.2. The molecule has 7 nitrogen and oxygen atoms in total. The van der Waals surface area contributed by atoms with E-state index < -0.39 is 0 Å². The first-order valence-corrected chi connectivity index (χ1v) is 6.18. The largest absolute Gasteiger partial charge is 0.349 e. The minimum atomic E-state index is -0.379. The summed E-state index contributed by atoms with van der Waals surface area (Å²) in [4.78, 5) is 36.4. The smallest absolute Gasteiger partial charge is 0.331 e. The highest BCUT2D eigenvalue weighted by molar-refractivity contribution is 5.75. The summed E-state index contributed by atoms with van der Waals surface area (Å²) in [5.41, 5.74) is 4.63. The third kappa shape index (κ3) is 4.06. The summed E-state index contributed by atoms with van der Waals surface area (Å²) >= 11 is 0. The van der Waals surface area contributed by atoms with E-state index in [4.69, 9.17) is 5.73 Å². The van der Waals surface area contributed by atoms with Crippen LogP contribution in [0.4, 0.5) is 0 Å². The van der Waals surface area contributed by atoms with Crippen molar-refractivity contribution in [2.45, 2.75) is 25.9 Å². The van der Waals surface area contributed by atoms with E-state index in [-0.39, 0.29) is 30.2 Å². The molecule has 0 fully saturated rings. The maximum atomic E-state index is 12.0. The van der Waals surface area contributed by atoms with Crippen LogP contribution in [-0.4, -0.2) is 40.6 Å². The van der Waals surface area contributed by atoms with Crippen LogP contribution in [-0.2, 0) is 17.9 Å². The fraction of sp³-hybridized carbons (Fsp3) is 0.583. The molecule has 0 saturated heterocycles.